The van der Waals surface area contributed by atoms with E-state index in [1.807, 2.05) is 25.1 Å². The Balaban J connectivity index is 1.75. The van der Waals surface area contributed by atoms with Crippen molar-refractivity contribution in [3.63, 3.8) is 0 Å². The number of nitro benzene ring substituents is 1. The fourth-order valence-electron chi connectivity index (χ4n) is 3.15. The van der Waals surface area contributed by atoms with Gasteiger partial charge in [0.05, 0.1) is 20.8 Å². The van der Waals surface area contributed by atoms with Gasteiger partial charge in [0.1, 0.15) is 18.1 Å². The van der Waals surface area contributed by atoms with Crippen LogP contribution in [0.1, 0.15) is 36.5 Å². The first-order valence-corrected chi connectivity index (χ1v) is 11.3. The molecule has 32 heavy (non-hydrogen) atoms. The van der Waals surface area contributed by atoms with Crippen LogP contribution in [0.5, 0.6) is 11.5 Å². The lowest BCUT2D eigenvalue weighted by Crippen LogP contribution is -2.32. The minimum Gasteiger partial charge on any atom is -0.506 e. The summed E-state index contributed by atoms with van der Waals surface area (Å²) in [6.45, 7) is 6.25. The summed E-state index contributed by atoms with van der Waals surface area (Å²) in [7, 11) is 0. The van der Waals surface area contributed by atoms with Crippen LogP contribution in [0, 0.1) is 17.0 Å². The third-order valence-electron chi connectivity index (χ3n) is 4.81. The third-order valence-corrected chi connectivity index (χ3v) is 6.32. The van der Waals surface area contributed by atoms with Crippen LogP contribution in [-0.2, 0) is 4.79 Å². The van der Waals surface area contributed by atoms with Gasteiger partial charge in [-0.15, -0.1) is 0 Å². The molecule has 168 valence electrons. The van der Waals surface area contributed by atoms with Crippen molar-refractivity contribution < 1.29 is 24.4 Å². The lowest BCUT2D eigenvalue weighted by Gasteiger charge is -2.17. The highest BCUT2D eigenvalue weighted by molar-refractivity contribution is 9.10. The molecule has 1 saturated heterocycles. The van der Waals surface area contributed by atoms with Gasteiger partial charge in [-0.2, -0.15) is 0 Å². The van der Waals surface area contributed by atoms with Gasteiger partial charge in [0.25, 0.3) is 16.8 Å². The molecule has 1 N–H and O–H groups in total. The van der Waals surface area contributed by atoms with Gasteiger partial charge in [-0.3, -0.25) is 24.6 Å². The number of rotatable bonds is 7. The van der Waals surface area contributed by atoms with Gasteiger partial charge in [0.2, 0.25) is 0 Å². The zero-order valence-electron chi connectivity index (χ0n) is 17.6. The summed E-state index contributed by atoms with van der Waals surface area (Å²) in [6, 6.07) is 8.23. The first-order valence-electron chi connectivity index (χ1n) is 9.74. The second kappa shape index (κ2) is 9.74. The Morgan fingerprint density at radius 2 is 2.00 bits per heavy atom. The smallest absolute Gasteiger partial charge is 0.293 e. The highest BCUT2D eigenvalue weighted by Gasteiger charge is 2.35. The van der Waals surface area contributed by atoms with Gasteiger partial charge in [-0.1, -0.05) is 26.0 Å². The van der Waals surface area contributed by atoms with E-state index in [0.717, 1.165) is 28.2 Å². The van der Waals surface area contributed by atoms with Crippen LogP contribution in [-0.4, -0.2) is 39.2 Å². The van der Waals surface area contributed by atoms with Crippen LogP contribution in [0.25, 0.3) is 6.08 Å². The largest absolute Gasteiger partial charge is 0.506 e. The van der Waals surface area contributed by atoms with Crippen LogP contribution < -0.4 is 4.74 Å². The fraction of sp³-hybridized carbons (Fsp3) is 0.273. The third kappa shape index (κ3) is 5.13. The average molecular weight is 521 g/mol. The zero-order chi connectivity index (χ0) is 23.6. The van der Waals surface area contributed by atoms with E-state index in [1.54, 1.807) is 0 Å². The lowest BCUT2D eigenvalue weighted by atomic mass is 10.0. The molecule has 8 nitrogen and oxygen atoms in total. The summed E-state index contributed by atoms with van der Waals surface area (Å²) < 4.78 is 5.99. The molecule has 0 aliphatic carbocycles. The van der Waals surface area contributed by atoms with E-state index in [2.05, 4.69) is 29.8 Å². The van der Waals surface area contributed by atoms with E-state index in [0.29, 0.717) is 17.5 Å². The number of halogens is 1. The molecule has 0 saturated carbocycles. The van der Waals surface area contributed by atoms with E-state index in [4.69, 9.17) is 4.74 Å². The number of carbonyl (C=O) groups excluding carboxylic acids is 2. The van der Waals surface area contributed by atoms with Crippen molar-refractivity contribution in [3.8, 4) is 11.5 Å². The van der Waals surface area contributed by atoms with E-state index in [1.165, 1.54) is 6.08 Å². The molecule has 0 unspecified atom stereocenters. The van der Waals surface area contributed by atoms with Crippen LogP contribution >= 0.6 is 27.7 Å². The van der Waals surface area contributed by atoms with Gasteiger partial charge in [-0.05, 0) is 63.8 Å². The Labute approximate surface area is 197 Å². The molecule has 2 aromatic carbocycles. The number of aryl methyl sites for hydroxylation is 1. The molecule has 10 heteroatoms. The summed E-state index contributed by atoms with van der Waals surface area (Å²) in [5.41, 5.74) is 1.89. The zero-order valence-corrected chi connectivity index (χ0v) is 20.0. The summed E-state index contributed by atoms with van der Waals surface area (Å²) in [5.74, 6) is 0.173. The lowest BCUT2D eigenvalue weighted by molar-refractivity contribution is -0.385. The Bertz CT molecular complexity index is 1130. The molecular weight excluding hydrogens is 500 g/mol. The Kier molecular flexibility index (Phi) is 7.25. The summed E-state index contributed by atoms with van der Waals surface area (Å²) in [4.78, 5) is 36.7. The predicted molar refractivity (Wildman–Crippen MR) is 126 cm³/mol. The number of carbonyl (C=O) groups is 2. The molecule has 1 aliphatic rings. The summed E-state index contributed by atoms with van der Waals surface area (Å²) in [6.07, 6.45) is 1.27. The number of phenols is 1. The molecule has 1 aliphatic heterocycles. The molecule has 0 bridgehead atoms. The number of amides is 2. The Hall–Kier alpha value is -2.85. The average Bonchev–Trinajstić information content (AvgIpc) is 2.98. The molecule has 2 amide bonds. The van der Waals surface area contributed by atoms with Crippen molar-refractivity contribution in [2.45, 2.75) is 26.7 Å². The minimum absolute atomic E-state index is 0.0537. The van der Waals surface area contributed by atoms with Crippen LogP contribution in [0.2, 0.25) is 0 Å². The molecule has 0 radical (unpaired) electrons. The number of phenolic OH excluding ortho intramolecular Hbond substituents is 1. The van der Waals surface area contributed by atoms with Crippen molar-refractivity contribution in [1.29, 1.82) is 0 Å². The topological polar surface area (TPSA) is 110 Å². The number of hydrogen-bond donors (Lipinski definition) is 1. The van der Waals surface area contributed by atoms with Gasteiger partial charge in [0, 0.05) is 17.7 Å². The first-order chi connectivity index (χ1) is 15.1. The number of nitro groups is 1. The number of nitrogens with zero attached hydrogens (tertiary/aromatic N) is 2. The molecule has 0 spiro atoms. The number of aromatic hydroxyl groups is 1. The summed E-state index contributed by atoms with van der Waals surface area (Å²) in [5, 5.41) is 20.8. The quantitative estimate of drug-likeness (QED) is 0.287. The van der Waals surface area contributed by atoms with Crippen LogP contribution in [0.15, 0.2) is 39.7 Å². The van der Waals surface area contributed by atoms with Gasteiger partial charge < -0.3 is 9.84 Å². The fourth-order valence-corrected chi connectivity index (χ4v) is 4.46. The minimum atomic E-state index is -0.610. The molecular formula is C22H21BrN2O6S. The normalized spacial score (nSPS) is 15.2. The highest BCUT2D eigenvalue weighted by Crippen LogP contribution is 2.38. The van der Waals surface area contributed by atoms with E-state index < -0.39 is 16.1 Å². The van der Waals surface area contributed by atoms with Gasteiger partial charge in [-0.25, -0.2) is 0 Å². The number of non-ortho nitro benzene ring substituents is 1. The van der Waals surface area contributed by atoms with Gasteiger partial charge in [0.15, 0.2) is 0 Å². The van der Waals surface area contributed by atoms with Crippen molar-refractivity contribution in [3.05, 3.63) is 66.5 Å². The summed E-state index contributed by atoms with van der Waals surface area (Å²) >= 11 is 3.77. The van der Waals surface area contributed by atoms with Crippen molar-refractivity contribution >= 4 is 50.6 Å². The van der Waals surface area contributed by atoms with Crippen molar-refractivity contribution in [1.82, 2.24) is 4.90 Å². The number of hydrogen-bond acceptors (Lipinski definition) is 7. The predicted octanol–water partition coefficient (Wildman–Crippen LogP) is 5.61. The molecule has 2 aromatic rings. The Morgan fingerprint density at radius 1 is 1.28 bits per heavy atom. The van der Waals surface area contributed by atoms with Crippen LogP contribution in [0.3, 0.4) is 0 Å². The molecule has 3 rings (SSSR count). The number of benzene rings is 2. The second-order valence-electron chi connectivity index (χ2n) is 7.50. The van der Waals surface area contributed by atoms with Crippen molar-refractivity contribution in [2.75, 3.05) is 13.2 Å². The highest BCUT2D eigenvalue weighted by atomic mass is 79.9. The van der Waals surface area contributed by atoms with Crippen molar-refractivity contribution in [2.24, 2.45) is 0 Å². The molecule has 1 heterocycles. The number of ether oxygens (including phenoxy) is 1. The maximum atomic E-state index is 12.7. The van der Waals surface area contributed by atoms with E-state index >= 15 is 0 Å². The first kappa shape index (κ1) is 23.8. The molecule has 1 fully saturated rings. The maximum absolute atomic E-state index is 12.7. The second-order valence-corrected chi connectivity index (χ2v) is 9.35. The van der Waals surface area contributed by atoms with E-state index in [9.17, 15) is 24.8 Å². The molecule has 0 aromatic heterocycles. The monoisotopic (exact) mass is 520 g/mol. The Morgan fingerprint density at radius 3 is 2.66 bits per heavy atom. The number of imide groups is 1. The van der Waals surface area contributed by atoms with Gasteiger partial charge >= 0.3 is 0 Å². The standard InChI is InChI=1S/C22H21BrN2O6S/c1-12(2)16-5-4-13(3)8-18(16)31-7-6-24-21(27)19(32-22(24)28)10-14-9-15(25(29)30)11-17(23)20(14)26/h4-5,8-12,26H,6-7H2,1-3H3/b19-10-. The SMILES string of the molecule is Cc1ccc(C(C)C)c(OCCN2C(=O)S/C(=C\c3cc([N+](=O)[O-])cc(Br)c3O)C2=O)c1. The van der Waals surface area contributed by atoms with E-state index in [-0.39, 0.29) is 45.4 Å². The van der Waals surface area contributed by atoms with Crippen LogP contribution in [0.4, 0.5) is 10.5 Å². The maximum Gasteiger partial charge on any atom is 0.293 e. The molecule has 0 atom stereocenters. The number of thioether (sulfide) groups is 1.